The van der Waals surface area contributed by atoms with Crippen LogP contribution in [0, 0.1) is 17.0 Å². The Bertz CT molecular complexity index is 482. The Kier molecular flexibility index (Phi) is 3.92. The Morgan fingerprint density at radius 3 is 2.59 bits per heavy atom. The predicted molar refractivity (Wildman–Crippen MR) is 60.8 cm³/mol. The van der Waals surface area contributed by atoms with Crippen LogP contribution in [0.5, 0.6) is 0 Å². The quantitative estimate of drug-likeness (QED) is 0.628. The maximum atomic E-state index is 11.7. The number of amides is 1. The number of nitro groups is 1. The summed E-state index contributed by atoms with van der Waals surface area (Å²) in [6.45, 7) is 2.74. The van der Waals surface area contributed by atoms with Gasteiger partial charge in [0.25, 0.3) is 11.6 Å². The highest BCUT2D eigenvalue weighted by Crippen LogP contribution is 2.22. The molecule has 1 N–H and O–H groups in total. The van der Waals surface area contributed by atoms with Gasteiger partial charge in [-0.25, -0.2) is 0 Å². The topological polar surface area (TPSA) is 89.3 Å². The third kappa shape index (κ3) is 3.10. The van der Waals surface area contributed by atoms with Gasteiger partial charge >= 0.3 is 0 Å². The van der Waals surface area contributed by atoms with Gasteiger partial charge in [-0.1, -0.05) is 12.1 Å². The Morgan fingerprint density at radius 2 is 2.06 bits per heavy atom. The number of Topliss-reactive ketones (excluding diaryl/α,β-unsaturated/α-hetero) is 1. The lowest BCUT2D eigenvalue weighted by atomic mass is 10.1. The molecule has 0 saturated carbocycles. The Hall–Kier alpha value is -2.24. The van der Waals surface area contributed by atoms with E-state index in [-0.39, 0.29) is 23.6 Å². The second-order valence-corrected chi connectivity index (χ2v) is 3.61. The minimum absolute atomic E-state index is 0.0312. The first kappa shape index (κ1) is 12.8. The Balaban J connectivity index is 3.05. The average molecular weight is 236 g/mol. The number of rotatable bonds is 4. The van der Waals surface area contributed by atoms with Gasteiger partial charge in [0, 0.05) is 5.56 Å². The first-order valence-electron chi connectivity index (χ1n) is 4.95. The molecule has 0 atom stereocenters. The molecular formula is C11H12N2O4. The van der Waals surface area contributed by atoms with Gasteiger partial charge in [0.15, 0.2) is 0 Å². The maximum Gasteiger partial charge on any atom is 0.285 e. The molecule has 0 unspecified atom stereocenters. The molecule has 0 heterocycles. The van der Waals surface area contributed by atoms with Crippen molar-refractivity contribution in [1.82, 2.24) is 5.32 Å². The number of carbonyl (C=O) groups excluding carboxylic acids is 2. The number of ketones is 1. The van der Waals surface area contributed by atoms with Crippen LogP contribution in [0.3, 0.4) is 0 Å². The van der Waals surface area contributed by atoms with Crippen LogP contribution in [0.1, 0.15) is 22.8 Å². The molecule has 17 heavy (non-hydrogen) atoms. The van der Waals surface area contributed by atoms with Crippen molar-refractivity contribution in [3.8, 4) is 0 Å². The second kappa shape index (κ2) is 5.20. The van der Waals surface area contributed by atoms with Crippen LogP contribution in [-0.4, -0.2) is 23.2 Å². The monoisotopic (exact) mass is 236 g/mol. The number of nitro benzene ring substituents is 1. The maximum absolute atomic E-state index is 11.7. The zero-order valence-corrected chi connectivity index (χ0v) is 9.52. The summed E-state index contributed by atoms with van der Waals surface area (Å²) >= 11 is 0. The third-order valence-electron chi connectivity index (χ3n) is 2.16. The number of hydrogen-bond acceptors (Lipinski definition) is 4. The largest absolute Gasteiger partial charge is 0.345 e. The van der Waals surface area contributed by atoms with Crippen molar-refractivity contribution in [2.45, 2.75) is 13.8 Å². The van der Waals surface area contributed by atoms with Gasteiger partial charge < -0.3 is 5.32 Å². The molecule has 1 aromatic carbocycles. The van der Waals surface area contributed by atoms with Crippen LogP contribution < -0.4 is 5.32 Å². The van der Waals surface area contributed by atoms with E-state index in [0.29, 0.717) is 5.56 Å². The highest BCUT2D eigenvalue weighted by Gasteiger charge is 2.22. The summed E-state index contributed by atoms with van der Waals surface area (Å²) in [6.07, 6.45) is 0. The lowest BCUT2D eigenvalue weighted by molar-refractivity contribution is -0.385. The smallest absolute Gasteiger partial charge is 0.285 e. The van der Waals surface area contributed by atoms with Crippen LogP contribution in [0.2, 0.25) is 0 Å². The first-order chi connectivity index (χ1) is 7.93. The molecule has 0 saturated heterocycles. The van der Waals surface area contributed by atoms with Crippen LogP contribution in [-0.2, 0) is 4.79 Å². The normalized spacial score (nSPS) is 9.76. The second-order valence-electron chi connectivity index (χ2n) is 3.61. The summed E-state index contributed by atoms with van der Waals surface area (Å²) < 4.78 is 0. The van der Waals surface area contributed by atoms with Gasteiger partial charge in [-0.2, -0.15) is 0 Å². The molecule has 0 bridgehead atoms. The van der Waals surface area contributed by atoms with E-state index in [2.05, 4.69) is 5.32 Å². The lowest BCUT2D eigenvalue weighted by Crippen LogP contribution is -2.28. The van der Waals surface area contributed by atoms with Crippen LogP contribution in [0.4, 0.5) is 5.69 Å². The van der Waals surface area contributed by atoms with Crippen LogP contribution in [0.15, 0.2) is 18.2 Å². The van der Waals surface area contributed by atoms with Gasteiger partial charge in [-0.3, -0.25) is 19.7 Å². The van der Waals surface area contributed by atoms with Gasteiger partial charge in [0.2, 0.25) is 0 Å². The summed E-state index contributed by atoms with van der Waals surface area (Å²) in [7, 11) is 0. The molecule has 0 aromatic heterocycles. The number of nitrogens with zero attached hydrogens (tertiary/aromatic N) is 1. The number of hydrogen-bond donors (Lipinski definition) is 1. The fraction of sp³-hybridized carbons (Fsp3) is 0.273. The lowest BCUT2D eigenvalue weighted by Gasteiger charge is -2.05. The van der Waals surface area contributed by atoms with E-state index < -0.39 is 10.8 Å². The molecule has 0 radical (unpaired) electrons. The minimum Gasteiger partial charge on any atom is -0.345 e. The summed E-state index contributed by atoms with van der Waals surface area (Å²) in [6, 6.07) is 4.48. The van der Waals surface area contributed by atoms with Gasteiger partial charge in [-0.05, 0) is 19.9 Å². The highest BCUT2D eigenvalue weighted by molar-refractivity contribution is 6.00. The molecule has 1 aromatic rings. The Morgan fingerprint density at radius 1 is 1.41 bits per heavy atom. The van der Waals surface area contributed by atoms with E-state index in [4.69, 9.17) is 0 Å². The van der Waals surface area contributed by atoms with Crippen LogP contribution in [0.25, 0.3) is 0 Å². The molecule has 1 rings (SSSR count). The van der Waals surface area contributed by atoms with Gasteiger partial charge in [0.1, 0.15) is 11.3 Å². The zero-order valence-electron chi connectivity index (χ0n) is 9.52. The molecule has 1 amide bonds. The van der Waals surface area contributed by atoms with Crippen LogP contribution >= 0.6 is 0 Å². The molecule has 6 nitrogen and oxygen atoms in total. The number of aryl methyl sites for hydroxylation is 1. The summed E-state index contributed by atoms with van der Waals surface area (Å²) in [5.74, 6) is -0.829. The fourth-order valence-electron chi connectivity index (χ4n) is 1.38. The summed E-state index contributed by atoms with van der Waals surface area (Å²) in [4.78, 5) is 32.6. The fourth-order valence-corrected chi connectivity index (χ4v) is 1.38. The number of carbonyl (C=O) groups is 2. The van der Waals surface area contributed by atoms with Crippen molar-refractivity contribution < 1.29 is 14.5 Å². The summed E-state index contributed by atoms with van der Waals surface area (Å²) in [5.41, 5.74) is 0.148. The van der Waals surface area contributed by atoms with Crippen molar-refractivity contribution in [1.29, 1.82) is 0 Å². The van der Waals surface area contributed by atoms with Crippen molar-refractivity contribution in [2.24, 2.45) is 0 Å². The molecule has 0 aliphatic rings. The molecule has 0 aliphatic carbocycles. The molecule has 6 heteroatoms. The van der Waals surface area contributed by atoms with Gasteiger partial charge in [0.05, 0.1) is 11.5 Å². The van der Waals surface area contributed by atoms with Crippen molar-refractivity contribution in [2.75, 3.05) is 6.54 Å². The SMILES string of the molecule is CC(=O)CNC(=O)c1cccc(C)c1[N+](=O)[O-]. The highest BCUT2D eigenvalue weighted by atomic mass is 16.6. The molecular weight excluding hydrogens is 224 g/mol. The Labute approximate surface area is 97.8 Å². The predicted octanol–water partition coefficient (Wildman–Crippen LogP) is 1.22. The van der Waals surface area contributed by atoms with Gasteiger partial charge in [-0.15, -0.1) is 0 Å². The van der Waals surface area contributed by atoms with E-state index in [9.17, 15) is 19.7 Å². The molecule has 90 valence electrons. The molecule has 0 aliphatic heterocycles. The number of benzene rings is 1. The van der Waals surface area contributed by atoms with E-state index in [1.54, 1.807) is 19.1 Å². The van der Waals surface area contributed by atoms with Crippen molar-refractivity contribution >= 4 is 17.4 Å². The number of para-hydroxylation sites is 1. The third-order valence-corrected chi connectivity index (χ3v) is 2.16. The van der Waals surface area contributed by atoms with Crippen molar-refractivity contribution in [3.05, 3.63) is 39.4 Å². The van der Waals surface area contributed by atoms with E-state index >= 15 is 0 Å². The first-order valence-corrected chi connectivity index (χ1v) is 4.95. The standard InChI is InChI=1S/C11H12N2O4/c1-7-4-3-5-9(10(7)13(16)17)11(15)12-6-8(2)14/h3-5H,6H2,1-2H3,(H,12,15). The molecule has 0 fully saturated rings. The minimum atomic E-state index is -0.615. The molecule has 0 spiro atoms. The number of nitrogens with one attached hydrogen (secondary N) is 1. The summed E-state index contributed by atoms with van der Waals surface area (Å²) in [5, 5.41) is 13.2. The van der Waals surface area contributed by atoms with Crippen molar-refractivity contribution in [3.63, 3.8) is 0 Å². The zero-order chi connectivity index (χ0) is 13.0. The van der Waals surface area contributed by atoms with E-state index in [1.165, 1.54) is 13.0 Å². The average Bonchev–Trinajstić information content (AvgIpc) is 2.24. The van der Waals surface area contributed by atoms with E-state index in [1.807, 2.05) is 0 Å². The van der Waals surface area contributed by atoms with E-state index in [0.717, 1.165) is 0 Å².